The molecule has 0 unspecified atom stereocenters. The molecule has 0 aliphatic carbocycles. The molecule has 12 nitrogen and oxygen atoms in total. The fraction of sp³-hybridized carbons (Fsp3) is 0.378. The van der Waals surface area contributed by atoms with E-state index in [2.05, 4.69) is 16.0 Å². The highest BCUT2D eigenvalue weighted by atomic mass is 16.6. The van der Waals surface area contributed by atoms with E-state index in [0.717, 1.165) is 11.1 Å². The van der Waals surface area contributed by atoms with Gasteiger partial charge in [-0.05, 0) is 56.7 Å². The zero-order chi connectivity index (χ0) is 36.0. The maximum Gasteiger partial charge on any atom is 0.407 e. The van der Waals surface area contributed by atoms with Gasteiger partial charge < -0.3 is 37.3 Å². The van der Waals surface area contributed by atoms with Crippen molar-refractivity contribution in [2.75, 3.05) is 0 Å². The van der Waals surface area contributed by atoms with Crippen LogP contribution in [0.3, 0.4) is 0 Å². The number of amides is 5. The van der Waals surface area contributed by atoms with Gasteiger partial charge in [-0.15, -0.1) is 0 Å². The Labute approximate surface area is 287 Å². The summed E-state index contributed by atoms with van der Waals surface area (Å²) in [6, 6.07) is 23.7. The zero-order valence-corrected chi connectivity index (χ0v) is 28.1. The number of aliphatic hydroxyl groups is 1. The predicted octanol–water partition coefficient (Wildman–Crippen LogP) is 2.62. The van der Waals surface area contributed by atoms with Gasteiger partial charge in [-0.25, -0.2) is 4.79 Å². The average molecular weight is 674 g/mol. The molecule has 8 N–H and O–H groups in total. The maximum atomic E-state index is 14.0. The molecule has 0 fully saturated rings. The molecule has 3 rings (SSSR count). The number of primary amides is 2. The van der Waals surface area contributed by atoms with E-state index in [1.54, 1.807) is 75.4 Å². The van der Waals surface area contributed by atoms with Crippen LogP contribution in [-0.2, 0) is 36.8 Å². The van der Waals surface area contributed by atoms with Crippen molar-refractivity contribution in [3.8, 4) is 0 Å². The number of hydrogen-bond acceptors (Lipinski definition) is 7. The van der Waals surface area contributed by atoms with Crippen molar-refractivity contribution in [2.24, 2.45) is 11.5 Å². The lowest BCUT2D eigenvalue weighted by atomic mass is 9.88. The van der Waals surface area contributed by atoms with Crippen molar-refractivity contribution in [1.82, 2.24) is 16.0 Å². The maximum absolute atomic E-state index is 14.0. The van der Waals surface area contributed by atoms with Gasteiger partial charge in [0, 0.05) is 12.8 Å². The minimum Gasteiger partial charge on any atom is -0.444 e. The number of alkyl carbamates (subject to hydrolysis) is 1. The predicted molar refractivity (Wildman–Crippen MR) is 185 cm³/mol. The third kappa shape index (κ3) is 13.4. The number of rotatable bonds is 17. The first-order valence-corrected chi connectivity index (χ1v) is 16.2. The van der Waals surface area contributed by atoms with Gasteiger partial charge in [0.2, 0.25) is 23.6 Å². The van der Waals surface area contributed by atoms with E-state index >= 15 is 0 Å². The fourth-order valence-electron chi connectivity index (χ4n) is 5.27. The largest absolute Gasteiger partial charge is 0.444 e. The molecule has 5 amide bonds. The van der Waals surface area contributed by atoms with E-state index in [4.69, 9.17) is 16.2 Å². The molecule has 3 aromatic rings. The van der Waals surface area contributed by atoms with E-state index < -0.39 is 65.5 Å². The van der Waals surface area contributed by atoms with Crippen LogP contribution in [0.1, 0.15) is 62.6 Å². The number of benzene rings is 3. The molecule has 5 atom stereocenters. The van der Waals surface area contributed by atoms with Crippen LogP contribution in [0.5, 0.6) is 0 Å². The quantitative estimate of drug-likeness (QED) is 0.126. The second-order valence-electron chi connectivity index (χ2n) is 12.9. The first kappa shape index (κ1) is 38.2. The van der Waals surface area contributed by atoms with Crippen molar-refractivity contribution in [3.63, 3.8) is 0 Å². The van der Waals surface area contributed by atoms with Crippen LogP contribution in [0, 0.1) is 0 Å². The summed E-state index contributed by atoms with van der Waals surface area (Å²) in [6.45, 7) is 5.18. The summed E-state index contributed by atoms with van der Waals surface area (Å²) in [5.41, 5.74) is 12.3. The molecule has 0 radical (unpaired) electrons. The van der Waals surface area contributed by atoms with E-state index in [9.17, 15) is 29.1 Å². The molecule has 0 aliphatic heterocycles. The molecule has 0 spiro atoms. The third-order valence-electron chi connectivity index (χ3n) is 7.72. The molecule has 49 heavy (non-hydrogen) atoms. The van der Waals surface area contributed by atoms with Gasteiger partial charge in [-0.2, -0.15) is 0 Å². The van der Waals surface area contributed by atoms with Crippen LogP contribution >= 0.6 is 0 Å². The Balaban J connectivity index is 1.87. The Morgan fingerprint density at radius 1 is 0.714 bits per heavy atom. The topological polar surface area (TPSA) is 203 Å². The lowest BCUT2D eigenvalue weighted by Gasteiger charge is -2.30. The zero-order valence-electron chi connectivity index (χ0n) is 28.1. The summed E-state index contributed by atoms with van der Waals surface area (Å²) >= 11 is 0. The van der Waals surface area contributed by atoms with E-state index in [0.29, 0.717) is 5.56 Å². The molecule has 12 heteroatoms. The van der Waals surface area contributed by atoms with E-state index in [1.165, 1.54) is 0 Å². The second kappa shape index (κ2) is 18.3. The molecule has 262 valence electrons. The van der Waals surface area contributed by atoms with Gasteiger partial charge in [0.25, 0.3) is 0 Å². The summed E-state index contributed by atoms with van der Waals surface area (Å²) in [5.74, 6) is -3.80. The van der Waals surface area contributed by atoms with Gasteiger partial charge >= 0.3 is 6.09 Å². The number of nitrogens with two attached hydrogens (primary N) is 2. The van der Waals surface area contributed by atoms with Crippen LogP contribution in [0.25, 0.3) is 0 Å². The van der Waals surface area contributed by atoms with Crippen LogP contribution in [-0.4, -0.2) is 64.7 Å². The highest BCUT2D eigenvalue weighted by Crippen LogP contribution is 2.25. The summed E-state index contributed by atoms with van der Waals surface area (Å²) in [4.78, 5) is 64.4. The molecule has 0 heterocycles. The molecule has 0 saturated heterocycles. The number of carbonyl (C=O) groups excluding carboxylic acids is 5. The molecule has 0 saturated carbocycles. The van der Waals surface area contributed by atoms with Crippen molar-refractivity contribution in [3.05, 3.63) is 108 Å². The molecular formula is C37H47N5O7. The van der Waals surface area contributed by atoms with Crippen molar-refractivity contribution in [2.45, 2.75) is 88.6 Å². The second-order valence-corrected chi connectivity index (χ2v) is 12.9. The number of aliphatic hydroxyl groups excluding tert-OH is 1. The third-order valence-corrected chi connectivity index (χ3v) is 7.72. The Bertz CT molecular complexity index is 1530. The first-order valence-electron chi connectivity index (χ1n) is 16.2. The molecule has 0 bridgehead atoms. The fourth-order valence-corrected chi connectivity index (χ4v) is 5.27. The first-order chi connectivity index (χ1) is 23.2. The summed E-state index contributed by atoms with van der Waals surface area (Å²) in [5, 5.41) is 19.7. The minimum atomic E-state index is -1.26. The van der Waals surface area contributed by atoms with Crippen molar-refractivity contribution >= 4 is 29.7 Å². The normalized spacial score (nSPS) is 14.3. The van der Waals surface area contributed by atoms with Crippen molar-refractivity contribution in [1.29, 1.82) is 0 Å². The van der Waals surface area contributed by atoms with Gasteiger partial charge in [0.05, 0.1) is 18.1 Å². The highest BCUT2D eigenvalue weighted by molar-refractivity contribution is 5.93. The lowest BCUT2D eigenvalue weighted by Crippen LogP contribution is -2.54. The lowest BCUT2D eigenvalue weighted by molar-refractivity contribution is -0.132. The Morgan fingerprint density at radius 3 is 1.73 bits per heavy atom. The van der Waals surface area contributed by atoms with E-state index in [1.807, 2.05) is 36.4 Å². The molecule has 3 aromatic carbocycles. The van der Waals surface area contributed by atoms with Gasteiger partial charge in [0.15, 0.2) is 0 Å². The van der Waals surface area contributed by atoms with Gasteiger partial charge in [-0.1, -0.05) is 91.0 Å². The number of hydrogen-bond donors (Lipinski definition) is 6. The minimum absolute atomic E-state index is 0.116. The number of carbonyl (C=O) groups is 5. The Morgan fingerprint density at radius 2 is 1.22 bits per heavy atom. The number of ether oxygens (including phenoxy) is 1. The highest BCUT2D eigenvalue weighted by Gasteiger charge is 2.33. The van der Waals surface area contributed by atoms with Crippen LogP contribution < -0.4 is 27.4 Å². The van der Waals surface area contributed by atoms with Gasteiger partial charge in [-0.3, -0.25) is 19.2 Å². The van der Waals surface area contributed by atoms with Crippen LogP contribution in [0.2, 0.25) is 0 Å². The van der Waals surface area contributed by atoms with E-state index in [-0.39, 0.29) is 32.1 Å². The summed E-state index contributed by atoms with van der Waals surface area (Å²) in [6.07, 6.45) is -2.14. The SMILES string of the molecule is CC(C)(C)OC(=O)N[C@@H](Cc1ccccc1)[C@@H](O)C[C@@H](C(=O)N[C@@H](CCC(N)=O)C(=O)N[C@@H](Cc1ccccc1)C(N)=O)c1ccccc1. The standard InChI is InChI=1S/C37H47N5O7/c1-37(2,3)49-36(48)42-29(21-24-13-7-4-8-14-24)31(43)23-27(26-17-11-6-12-18-26)34(46)40-28(19-20-32(38)44)35(47)41-30(33(39)45)22-25-15-9-5-10-16-25/h4-18,27-31,43H,19-23H2,1-3H3,(H2,38,44)(H2,39,45)(H,40,46)(H,41,47)(H,42,48)/t27-,28+,29+,30+,31+/m1/s1. The van der Waals surface area contributed by atoms with Crippen LogP contribution in [0.4, 0.5) is 4.79 Å². The smallest absolute Gasteiger partial charge is 0.407 e. The monoisotopic (exact) mass is 673 g/mol. The van der Waals surface area contributed by atoms with Crippen LogP contribution in [0.15, 0.2) is 91.0 Å². The van der Waals surface area contributed by atoms with Gasteiger partial charge in [0.1, 0.15) is 17.7 Å². The Kier molecular flexibility index (Phi) is 14.3. The molecule has 0 aromatic heterocycles. The Hall–Kier alpha value is -5.23. The molecular weight excluding hydrogens is 626 g/mol. The average Bonchev–Trinajstić information content (AvgIpc) is 3.05. The number of nitrogens with one attached hydrogen (secondary N) is 3. The molecule has 0 aliphatic rings. The summed E-state index contributed by atoms with van der Waals surface area (Å²) < 4.78 is 5.45. The summed E-state index contributed by atoms with van der Waals surface area (Å²) in [7, 11) is 0. The van der Waals surface area contributed by atoms with Crippen molar-refractivity contribution < 1.29 is 33.8 Å².